The van der Waals surface area contributed by atoms with Gasteiger partial charge in [0.2, 0.25) is 0 Å². The Morgan fingerprint density at radius 1 is 1.24 bits per heavy atom. The minimum absolute atomic E-state index is 0.106. The predicted octanol–water partition coefficient (Wildman–Crippen LogP) is 3.19. The lowest BCUT2D eigenvalue weighted by atomic mass is 9.83. The number of hydrogen-bond acceptors (Lipinski definition) is 2. The molecule has 17 heavy (non-hydrogen) atoms. The van der Waals surface area contributed by atoms with Crippen LogP contribution in [0.3, 0.4) is 0 Å². The van der Waals surface area contributed by atoms with Gasteiger partial charge in [-0.15, -0.1) is 0 Å². The Balaban J connectivity index is 3.19. The van der Waals surface area contributed by atoms with Gasteiger partial charge in [-0.25, -0.2) is 0 Å². The molecular formula is C15H25NO. The molecule has 2 heteroatoms. The Morgan fingerprint density at radius 2 is 1.88 bits per heavy atom. The molecule has 0 aliphatic rings. The summed E-state index contributed by atoms with van der Waals surface area (Å²) in [4.78, 5) is 0. The Labute approximate surface area is 105 Å². The summed E-state index contributed by atoms with van der Waals surface area (Å²) in [5.41, 5.74) is 9.53. The van der Waals surface area contributed by atoms with Gasteiger partial charge in [-0.1, -0.05) is 32.9 Å². The Hall–Kier alpha value is -1.02. The number of rotatable bonds is 4. The maximum atomic E-state index is 5.57. The first-order valence-corrected chi connectivity index (χ1v) is 6.28. The maximum Gasteiger partial charge on any atom is 0.125 e. The van der Waals surface area contributed by atoms with E-state index in [1.54, 1.807) is 7.11 Å². The molecule has 2 N–H and O–H groups in total. The van der Waals surface area contributed by atoms with Crippen molar-refractivity contribution in [3.05, 3.63) is 28.8 Å². The Morgan fingerprint density at radius 3 is 2.35 bits per heavy atom. The maximum absolute atomic E-state index is 5.57. The molecule has 2 nitrogen and oxygen atoms in total. The van der Waals surface area contributed by atoms with E-state index in [1.807, 2.05) is 0 Å². The zero-order chi connectivity index (χ0) is 13.1. The zero-order valence-corrected chi connectivity index (χ0v) is 11.8. The van der Waals surface area contributed by atoms with Crippen molar-refractivity contribution in [3.8, 4) is 5.75 Å². The fraction of sp³-hybridized carbons (Fsp3) is 0.600. The van der Waals surface area contributed by atoms with Crippen LogP contribution in [0.25, 0.3) is 0 Å². The van der Waals surface area contributed by atoms with Crippen LogP contribution in [0.2, 0.25) is 0 Å². The van der Waals surface area contributed by atoms with Gasteiger partial charge in [-0.3, -0.25) is 0 Å². The van der Waals surface area contributed by atoms with Crippen molar-refractivity contribution in [2.75, 3.05) is 13.7 Å². The number of ether oxygens (including phenoxy) is 1. The molecule has 0 aliphatic heterocycles. The van der Waals surface area contributed by atoms with Gasteiger partial charge in [0.25, 0.3) is 0 Å². The lowest BCUT2D eigenvalue weighted by Gasteiger charge is -2.24. The molecule has 0 aliphatic carbocycles. The molecule has 0 aromatic heterocycles. The average molecular weight is 235 g/mol. The van der Waals surface area contributed by atoms with Crippen molar-refractivity contribution in [1.29, 1.82) is 0 Å². The minimum Gasteiger partial charge on any atom is -0.496 e. The van der Waals surface area contributed by atoms with Crippen molar-refractivity contribution in [3.63, 3.8) is 0 Å². The first-order valence-electron chi connectivity index (χ1n) is 6.28. The van der Waals surface area contributed by atoms with Gasteiger partial charge in [0.15, 0.2) is 0 Å². The topological polar surface area (TPSA) is 35.2 Å². The summed E-state index contributed by atoms with van der Waals surface area (Å²) in [6, 6.07) is 4.48. The minimum atomic E-state index is 0.106. The van der Waals surface area contributed by atoms with E-state index in [0.717, 1.165) is 25.1 Å². The normalized spacial score (nSPS) is 11.6. The highest BCUT2D eigenvalue weighted by Crippen LogP contribution is 2.35. The second kappa shape index (κ2) is 5.54. The van der Waals surface area contributed by atoms with Gasteiger partial charge < -0.3 is 10.5 Å². The van der Waals surface area contributed by atoms with Gasteiger partial charge in [0.05, 0.1) is 7.11 Å². The SMILES string of the molecule is COc1c(C)cc(CCCN)cc1C(C)(C)C. The monoisotopic (exact) mass is 235 g/mol. The molecule has 0 spiro atoms. The molecule has 1 aromatic rings. The van der Waals surface area contributed by atoms with E-state index < -0.39 is 0 Å². The van der Waals surface area contributed by atoms with Crippen LogP contribution in [0.5, 0.6) is 5.75 Å². The standard InChI is InChI=1S/C15H25NO/c1-11-9-12(7-6-8-16)10-13(14(11)17-5)15(2,3)4/h9-10H,6-8,16H2,1-5H3. The molecule has 0 fully saturated rings. The van der Waals surface area contributed by atoms with E-state index in [4.69, 9.17) is 10.5 Å². The lowest BCUT2D eigenvalue weighted by Crippen LogP contribution is -2.14. The number of aryl methyl sites for hydroxylation is 2. The van der Waals surface area contributed by atoms with Gasteiger partial charge >= 0.3 is 0 Å². The lowest BCUT2D eigenvalue weighted by molar-refractivity contribution is 0.394. The van der Waals surface area contributed by atoms with Crippen LogP contribution < -0.4 is 10.5 Å². The second-order valence-electron chi connectivity index (χ2n) is 5.64. The number of benzene rings is 1. The molecule has 1 aromatic carbocycles. The van der Waals surface area contributed by atoms with Crippen LogP contribution in [-0.4, -0.2) is 13.7 Å². The zero-order valence-electron chi connectivity index (χ0n) is 11.8. The van der Waals surface area contributed by atoms with Gasteiger partial charge in [0, 0.05) is 5.56 Å². The van der Waals surface area contributed by atoms with Crippen LogP contribution in [0.15, 0.2) is 12.1 Å². The van der Waals surface area contributed by atoms with Crippen molar-refractivity contribution in [1.82, 2.24) is 0 Å². The molecular weight excluding hydrogens is 210 g/mol. The Kier molecular flexibility index (Phi) is 4.58. The van der Waals surface area contributed by atoms with Crippen LogP contribution >= 0.6 is 0 Å². The fourth-order valence-electron chi connectivity index (χ4n) is 2.13. The number of nitrogens with two attached hydrogens (primary N) is 1. The molecule has 0 unspecified atom stereocenters. The number of hydrogen-bond donors (Lipinski definition) is 1. The van der Waals surface area contributed by atoms with Crippen LogP contribution in [0.4, 0.5) is 0 Å². The molecule has 96 valence electrons. The average Bonchev–Trinajstić information content (AvgIpc) is 2.24. The molecule has 0 saturated heterocycles. The predicted molar refractivity (Wildman–Crippen MR) is 73.8 cm³/mol. The summed E-state index contributed by atoms with van der Waals surface area (Å²) in [5, 5.41) is 0. The molecule has 0 heterocycles. The van der Waals surface area contributed by atoms with Crippen LogP contribution in [-0.2, 0) is 11.8 Å². The molecule has 0 bridgehead atoms. The first kappa shape index (κ1) is 14.0. The first-order chi connectivity index (χ1) is 7.90. The van der Waals surface area contributed by atoms with E-state index in [2.05, 4.69) is 39.8 Å². The molecule has 0 saturated carbocycles. The third-order valence-corrected chi connectivity index (χ3v) is 3.02. The molecule has 0 atom stereocenters. The Bertz CT molecular complexity index is 377. The van der Waals surface area contributed by atoms with Crippen molar-refractivity contribution in [2.24, 2.45) is 5.73 Å². The van der Waals surface area contributed by atoms with Gasteiger partial charge in [-0.2, -0.15) is 0 Å². The third kappa shape index (κ3) is 3.47. The summed E-state index contributed by atoms with van der Waals surface area (Å²) < 4.78 is 5.54. The second-order valence-corrected chi connectivity index (χ2v) is 5.64. The smallest absolute Gasteiger partial charge is 0.125 e. The summed E-state index contributed by atoms with van der Waals surface area (Å²) in [7, 11) is 1.75. The van der Waals surface area contributed by atoms with E-state index in [-0.39, 0.29) is 5.41 Å². The summed E-state index contributed by atoms with van der Waals surface area (Å²) in [6.07, 6.45) is 2.08. The van der Waals surface area contributed by atoms with Crippen molar-refractivity contribution in [2.45, 2.75) is 46.0 Å². The molecule has 0 amide bonds. The van der Waals surface area contributed by atoms with E-state index in [9.17, 15) is 0 Å². The highest BCUT2D eigenvalue weighted by Gasteiger charge is 2.20. The number of methoxy groups -OCH3 is 1. The van der Waals surface area contributed by atoms with Crippen molar-refractivity contribution < 1.29 is 4.74 Å². The largest absolute Gasteiger partial charge is 0.496 e. The van der Waals surface area contributed by atoms with Crippen LogP contribution in [0.1, 0.15) is 43.9 Å². The highest BCUT2D eigenvalue weighted by atomic mass is 16.5. The van der Waals surface area contributed by atoms with E-state index in [1.165, 1.54) is 16.7 Å². The van der Waals surface area contributed by atoms with Gasteiger partial charge in [-0.05, 0) is 42.9 Å². The van der Waals surface area contributed by atoms with E-state index in [0.29, 0.717) is 0 Å². The summed E-state index contributed by atoms with van der Waals surface area (Å²) >= 11 is 0. The third-order valence-electron chi connectivity index (χ3n) is 3.02. The van der Waals surface area contributed by atoms with E-state index >= 15 is 0 Å². The highest BCUT2D eigenvalue weighted by molar-refractivity contribution is 5.47. The van der Waals surface area contributed by atoms with Crippen molar-refractivity contribution >= 4 is 0 Å². The summed E-state index contributed by atoms with van der Waals surface area (Å²) in [6.45, 7) is 9.51. The molecule has 1 rings (SSSR count). The fourth-order valence-corrected chi connectivity index (χ4v) is 2.13. The molecule has 0 radical (unpaired) electrons. The quantitative estimate of drug-likeness (QED) is 0.870. The summed E-state index contributed by atoms with van der Waals surface area (Å²) in [5.74, 6) is 1.02. The van der Waals surface area contributed by atoms with Crippen LogP contribution in [0, 0.1) is 6.92 Å². The van der Waals surface area contributed by atoms with Gasteiger partial charge in [0.1, 0.15) is 5.75 Å².